The highest BCUT2D eigenvalue weighted by Crippen LogP contribution is 2.27. The van der Waals surface area contributed by atoms with Gasteiger partial charge in [0.25, 0.3) is 0 Å². The maximum absolute atomic E-state index is 9.42. The van der Waals surface area contributed by atoms with Gasteiger partial charge in [-0.3, -0.25) is 4.90 Å². The maximum Gasteiger partial charge on any atom is 0.0696 e. The van der Waals surface area contributed by atoms with Crippen molar-refractivity contribution in [3.05, 3.63) is 0 Å². The van der Waals surface area contributed by atoms with Crippen molar-refractivity contribution in [3.63, 3.8) is 0 Å². The second-order valence-corrected chi connectivity index (χ2v) is 3.98. The Morgan fingerprint density at radius 1 is 0.917 bits per heavy atom. The summed E-state index contributed by atoms with van der Waals surface area (Å²) in [6.07, 6.45) is 3.66. The van der Waals surface area contributed by atoms with E-state index in [1.807, 2.05) is 0 Å². The van der Waals surface area contributed by atoms with Crippen LogP contribution >= 0.6 is 0 Å². The molecule has 1 aliphatic heterocycles. The lowest BCUT2D eigenvalue weighted by molar-refractivity contribution is -0.0437. The van der Waals surface area contributed by atoms with Gasteiger partial charge >= 0.3 is 0 Å². The average molecular weight is 171 g/mol. The van der Waals surface area contributed by atoms with Gasteiger partial charge in [0.2, 0.25) is 0 Å². The van der Waals surface area contributed by atoms with Gasteiger partial charge in [-0.2, -0.15) is 0 Å². The Kier molecular flexibility index (Phi) is 2.35. The summed E-state index contributed by atoms with van der Waals surface area (Å²) in [5, 5.41) is 18.7. The molecule has 3 heteroatoms. The van der Waals surface area contributed by atoms with E-state index in [0.717, 1.165) is 38.8 Å². The molecule has 0 amide bonds. The van der Waals surface area contributed by atoms with Gasteiger partial charge in [-0.25, -0.2) is 0 Å². The molecule has 3 nitrogen and oxygen atoms in total. The molecule has 0 aromatic rings. The Balaban J connectivity index is 1.81. The van der Waals surface area contributed by atoms with Gasteiger partial charge < -0.3 is 10.2 Å². The van der Waals surface area contributed by atoms with Gasteiger partial charge in [0.1, 0.15) is 0 Å². The van der Waals surface area contributed by atoms with Gasteiger partial charge in [-0.05, 0) is 25.7 Å². The molecule has 1 heterocycles. The first-order chi connectivity index (χ1) is 5.77. The second kappa shape index (κ2) is 3.32. The molecule has 0 bridgehead atoms. The van der Waals surface area contributed by atoms with Crippen LogP contribution in [-0.2, 0) is 0 Å². The minimum atomic E-state index is -0.0986. The molecule has 12 heavy (non-hydrogen) atoms. The van der Waals surface area contributed by atoms with Crippen molar-refractivity contribution < 1.29 is 10.2 Å². The van der Waals surface area contributed by atoms with Gasteiger partial charge in [0, 0.05) is 19.1 Å². The molecule has 1 saturated heterocycles. The predicted octanol–water partition coefficient (Wildman–Crippen LogP) is -0.0336. The van der Waals surface area contributed by atoms with Gasteiger partial charge in [0.15, 0.2) is 0 Å². The molecule has 0 spiro atoms. The van der Waals surface area contributed by atoms with Crippen LogP contribution in [0.4, 0.5) is 0 Å². The van der Waals surface area contributed by atoms with E-state index in [1.54, 1.807) is 0 Å². The number of nitrogens with zero attached hydrogens (tertiary/aromatic N) is 1. The highest BCUT2D eigenvalue weighted by atomic mass is 16.3. The van der Waals surface area contributed by atoms with Gasteiger partial charge in [0.05, 0.1) is 12.2 Å². The molecule has 2 unspecified atom stereocenters. The summed E-state index contributed by atoms with van der Waals surface area (Å²) in [4.78, 5) is 2.32. The Labute approximate surface area is 73.0 Å². The van der Waals surface area contributed by atoms with Crippen molar-refractivity contribution >= 4 is 0 Å². The topological polar surface area (TPSA) is 43.7 Å². The van der Waals surface area contributed by atoms with E-state index in [4.69, 9.17) is 0 Å². The fourth-order valence-electron chi connectivity index (χ4n) is 2.11. The van der Waals surface area contributed by atoms with E-state index in [0.29, 0.717) is 6.04 Å². The van der Waals surface area contributed by atoms with Crippen LogP contribution in [0, 0.1) is 0 Å². The smallest absolute Gasteiger partial charge is 0.0696 e. The third-order valence-corrected chi connectivity index (χ3v) is 3.17. The molecule has 2 rings (SSSR count). The van der Waals surface area contributed by atoms with Crippen LogP contribution in [-0.4, -0.2) is 46.5 Å². The zero-order chi connectivity index (χ0) is 8.55. The van der Waals surface area contributed by atoms with Crippen LogP contribution in [0.1, 0.15) is 25.7 Å². The number of hydrogen-bond acceptors (Lipinski definition) is 3. The standard InChI is InChI=1S/C9H17NO2/c11-7-3-5-10(6-4-7)8-1-2-9(8)12/h7-9,11-12H,1-6H2. The molecule has 2 aliphatic rings. The number of aliphatic hydroxyl groups is 2. The lowest BCUT2D eigenvalue weighted by atomic mass is 9.86. The minimum Gasteiger partial charge on any atom is -0.393 e. The molecule has 0 aromatic carbocycles. The third-order valence-electron chi connectivity index (χ3n) is 3.17. The van der Waals surface area contributed by atoms with Crippen molar-refractivity contribution in [2.75, 3.05) is 13.1 Å². The zero-order valence-electron chi connectivity index (χ0n) is 7.32. The monoisotopic (exact) mass is 171 g/mol. The lowest BCUT2D eigenvalue weighted by Crippen LogP contribution is -2.53. The molecule has 70 valence electrons. The van der Waals surface area contributed by atoms with E-state index in [1.165, 1.54) is 0 Å². The normalized spacial score (nSPS) is 39.5. The molecule has 2 fully saturated rings. The number of aliphatic hydroxyl groups excluding tert-OH is 2. The second-order valence-electron chi connectivity index (χ2n) is 3.98. The summed E-state index contributed by atoms with van der Waals surface area (Å²) < 4.78 is 0. The average Bonchev–Trinajstić information content (AvgIpc) is 2.06. The predicted molar refractivity (Wildman–Crippen MR) is 45.8 cm³/mol. The summed E-state index contributed by atoms with van der Waals surface area (Å²) in [5.41, 5.74) is 0. The van der Waals surface area contributed by atoms with Crippen LogP contribution in [0.2, 0.25) is 0 Å². The molecule has 0 aromatic heterocycles. The Bertz CT molecular complexity index is 155. The number of likely N-dealkylation sites (tertiary alicyclic amines) is 1. The third kappa shape index (κ3) is 1.49. The SMILES string of the molecule is OC1CCN(C2CCC2O)CC1. The lowest BCUT2D eigenvalue weighted by Gasteiger charge is -2.44. The molecular weight excluding hydrogens is 154 g/mol. The van der Waals surface area contributed by atoms with Gasteiger partial charge in [-0.1, -0.05) is 0 Å². The molecule has 1 saturated carbocycles. The van der Waals surface area contributed by atoms with Crippen molar-refractivity contribution in [1.29, 1.82) is 0 Å². The number of piperidine rings is 1. The fraction of sp³-hybridized carbons (Fsp3) is 1.00. The van der Waals surface area contributed by atoms with Crippen molar-refractivity contribution in [1.82, 2.24) is 4.90 Å². The summed E-state index contributed by atoms with van der Waals surface area (Å²) in [6, 6.07) is 0.400. The largest absolute Gasteiger partial charge is 0.393 e. The van der Waals surface area contributed by atoms with Crippen LogP contribution in [0.25, 0.3) is 0 Å². The number of rotatable bonds is 1. The summed E-state index contributed by atoms with van der Waals surface area (Å²) in [6.45, 7) is 1.92. The highest BCUT2D eigenvalue weighted by Gasteiger charge is 2.35. The Morgan fingerprint density at radius 2 is 1.58 bits per heavy atom. The summed E-state index contributed by atoms with van der Waals surface area (Å²) in [5.74, 6) is 0. The molecule has 2 N–H and O–H groups in total. The van der Waals surface area contributed by atoms with E-state index in [9.17, 15) is 10.2 Å². The van der Waals surface area contributed by atoms with E-state index < -0.39 is 0 Å². The molecule has 0 radical (unpaired) electrons. The first kappa shape index (κ1) is 8.48. The Morgan fingerprint density at radius 3 is 2.00 bits per heavy atom. The summed E-state index contributed by atoms with van der Waals surface area (Å²) in [7, 11) is 0. The minimum absolute atomic E-state index is 0.0970. The molecule has 1 aliphatic carbocycles. The quantitative estimate of drug-likeness (QED) is 0.582. The zero-order valence-corrected chi connectivity index (χ0v) is 7.32. The highest BCUT2D eigenvalue weighted by molar-refractivity contribution is 4.90. The van der Waals surface area contributed by atoms with E-state index in [2.05, 4.69) is 4.90 Å². The van der Waals surface area contributed by atoms with Crippen molar-refractivity contribution in [2.24, 2.45) is 0 Å². The van der Waals surface area contributed by atoms with Crippen molar-refractivity contribution in [3.8, 4) is 0 Å². The molecule has 2 atom stereocenters. The van der Waals surface area contributed by atoms with Gasteiger partial charge in [-0.15, -0.1) is 0 Å². The number of hydrogen-bond donors (Lipinski definition) is 2. The maximum atomic E-state index is 9.42. The first-order valence-electron chi connectivity index (χ1n) is 4.87. The summed E-state index contributed by atoms with van der Waals surface area (Å²) >= 11 is 0. The van der Waals surface area contributed by atoms with Crippen LogP contribution in [0.3, 0.4) is 0 Å². The van der Waals surface area contributed by atoms with Crippen molar-refractivity contribution in [2.45, 2.75) is 43.9 Å². The van der Waals surface area contributed by atoms with E-state index >= 15 is 0 Å². The van der Waals surface area contributed by atoms with Crippen LogP contribution in [0.15, 0.2) is 0 Å². The molecular formula is C9H17NO2. The fourth-order valence-corrected chi connectivity index (χ4v) is 2.11. The first-order valence-corrected chi connectivity index (χ1v) is 4.87. The van der Waals surface area contributed by atoms with Crippen LogP contribution in [0.5, 0.6) is 0 Å². The Hall–Kier alpha value is -0.120. The van der Waals surface area contributed by atoms with E-state index in [-0.39, 0.29) is 12.2 Å². The van der Waals surface area contributed by atoms with Crippen LogP contribution < -0.4 is 0 Å².